The number of benzene rings is 3. The highest BCUT2D eigenvalue weighted by molar-refractivity contribution is 7.63. The molecule has 32 heavy (non-hydrogen) atoms. The summed E-state index contributed by atoms with van der Waals surface area (Å²) in [5, 5.41) is 3.56. The van der Waals surface area contributed by atoms with Gasteiger partial charge in [0.25, 0.3) is 0 Å². The van der Waals surface area contributed by atoms with E-state index in [2.05, 4.69) is 29.4 Å². The molecule has 0 spiro atoms. The predicted octanol–water partition coefficient (Wildman–Crippen LogP) is 6.30. The molecule has 3 aromatic rings. The zero-order valence-electron chi connectivity index (χ0n) is 18.4. The second kappa shape index (κ2) is 10.3. The SMILES string of the molecule is COC(=O)C[C@H](Cc1ccccc1)NP1(=O)[C@H](c2ccccc2)CC[C@H]1c1ccccc1. The van der Waals surface area contributed by atoms with Crippen LogP contribution in [0, 0.1) is 0 Å². The van der Waals surface area contributed by atoms with Gasteiger partial charge in [0, 0.05) is 6.04 Å². The Morgan fingerprint density at radius 3 is 1.81 bits per heavy atom. The maximum absolute atomic E-state index is 14.9. The second-order valence-electron chi connectivity index (χ2n) is 8.44. The van der Waals surface area contributed by atoms with Crippen molar-refractivity contribution in [1.29, 1.82) is 0 Å². The summed E-state index contributed by atoms with van der Waals surface area (Å²) in [7, 11) is -1.55. The number of methoxy groups -OCH3 is 1. The van der Waals surface area contributed by atoms with E-state index in [0.717, 1.165) is 29.5 Å². The van der Waals surface area contributed by atoms with Gasteiger partial charge in [-0.1, -0.05) is 91.0 Å². The van der Waals surface area contributed by atoms with Crippen molar-refractivity contribution in [3.63, 3.8) is 0 Å². The van der Waals surface area contributed by atoms with E-state index in [0.29, 0.717) is 6.42 Å². The molecule has 4 nitrogen and oxygen atoms in total. The lowest BCUT2D eigenvalue weighted by molar-refractivity contribution is -0.141. The summed E-state index contributed by atoms with van der Waals surface area (Å²) in [5.41, 5.74) is 3.14. The Morgan fingerprint density at radius 2 is 1.34 bits per heavy atom. The van der Waals surface area contributed by atoms with Crippen LogP contribution in [0.3, 0.4) is 0 Å². The van der Waals surface area contributed by atoms with Crippen LogP contribution >= 0.6 is 7.29 Å². The Kier molecular flexibility index (Phi) is 7.24. The van der Waals surface area contributed by atoms with Crippen molar-refractivity contribution in [1.82, 2.24) is 5.09 Å². The smallest absolute Gasteiger partial charge is 0.307 e. The first-order valence-electron chi connectivity index (χ1n) is 11.2. The van der Waals surface area contributed by atoms with Crippen LogP contribution in [0.15, 0.2) is 91.0 Å². The largest absolute Gasteiger partial charge is 0.469 e. The number of esters is 1. The van der Waals surface area contributed by atoms with E-state index < -0.39 is 7.29 Å². The predicted molar refractivity (Wildman–Crippen MR) is 129 cm³/mol. The molecule has 1 aliphatic heterocycles. The standard InChI is InChI=1S/C27H30NO3P/c1-31-27(29)20-24(19-21-11-5-2-6-12-21)28-32(30)25(22-13-7-3-8-14-22)17-18-26(32)23-15-9-4-10-16-23/h2-16,24-26H,17-20H2,1H3,(H,28,30)/t24-,25-,26-/m0/s1. The Hall–Kier alpha value is -2.68. The van der Waals surface area contributed by atoms with Gasteiger partial charge in [-0.25, -0.2) is 0 Å². The fraction of sp³-hybridized carbons (Fsp3) is 0.296. The molecule has 166 valence electrons. The fourth-order valence-electron chi connectivity index (χ4n) is 4.86. The van der Waals surface area contributed by atoms with E-state index >= 15 is 0 Å². The van der Waals surface area contributed by atoms with Gasteiger partial charge in [0.2, 0.25) is 0 Å². The number of hydrogen-bond donors (Lipinski definition) is 1. The number of nitrogens with one attached hydrogen (secondary N) is 1. The van der Waals surface area contributed by atoms with Crippen molar-refractivity contribution in [2.45, 2.75) is 43.0 Å². The second-order valence-corrected chi connectivity index (χ2v) is 11.4. The third kappa shape index (κ3) is 5.03. The number of hydrogen-bond acceptors (Lipinski definition) is 3. The van der Waals surface area contributed by atoms with Gasteiger partial charge in [0.05, 0.1) is 24.8 Å². The first-order chi connectivity index (χ1) is 15.6. The molecule has 3 aromatic carbocycles. The van der Waals surface area contributed by atoms with Gasteiger partial charge in [-0.15, -0.1) is 0 Å². The summed E-state index contributed by atoms with van der Waals surface area (Å²) >= 11 is 0. The molecule has 0 unspecified atom stereocenters. The number of rotatable bonds is 8. The molecule has 1 fully saturated rings. The Morgan fingerprint density at radius 1 is 0.875 bits per heavy atom. The molecule has 3 atom stereocenters. The number of ether oxygens (including phenoxy) is 1. The van der Waals surface area contributed by atoms with Gasteiger partial charge in [0.15, 0.2) is 7.29 Å². The maximum Gasteiger partial charge on any atom is 0.307 e. The summed E-state index contributed by atoms with van der Waals surface area (Å²) in [4.78, 5) is 12.2. The van der Waals surface area contributed by atoms with Crippen LogP contribution in [0.25, 0.3) is 0 Å². The summed E-state index contributed by atoms with van der Waals surface area (Å²) < 4.78 is 19.9. The average molecular weight is 448 g/mol. The first kappa shape index (κ1) is 22.5. The minimum absolute atomic E-state index is 0.0789. The summed E-state index contributed by atoms with van der Waals surface area (Å²) in [6.45, 7) is 0. The van der Waals surface area contributed by atoms with Crippen LogP contribution in [0.1, 0.15) is 47.3 Å². The van der Waals surface area contributed by atoms with Crippen LogP contribution in [-0.4, -0.2) is 19.1 Å². The van der Waals surface area contributed by atoms with Crippen LogP contribution in [0.5, 0.6) is 0 Å². The van der Waals surface area contributed by atoms with Crippen molar-refractivity contribution in [3.8, 4) is 0 Å². The van der Waals surface area contributed by atoms with Crippen molar-refractivity contribution >= 4 is 13.3 Å². The van der Waals surface area contributed by atoms with Crippen LogP contribution in [-0.2, 0) is 20.5 Å². The van der Waals surface area contributed by atoms with E-state index in [9.17, 15) is 9.36 Å². The third-order valence-electron chi connectivity index (χ3n) is 6.36. The molecular weight excluding hydrogens is 417 g/mol. The molecule has 1 saturated heterocycles. The molecular formula is C27H30NO3P. The molecule has 0 saturated carbocycles. The number of carbonyl (C=O) groups is 1. The molecule has 0 radical (unpaired) electrons. The summed E-state index contributed by atoms with van der Waals surface area (Å²) in [6.07, 6.45) is 2.50. The van der Waals surface area contributed by atoms with Crippen molar-refractivity contribution in [2.75, 3.05) is 7.11 Å². The topological polar surface area (TPSA) is 55.4 Å². The molecule has 0 aliphatic carbocycles. The maximum atomic E-state index is 14.9. The van der Waals surface area contributed by atoms with E-state index in [-0.39, 0.29) is 29.7 Å². The normalized spacial score (nSPS) is 20.5. The zero-order chi connectivity index (χ0) is 22.4. The van der Waals surface area contributed by atoms with Gasteiger partial charge in [-0.05, 0) is 36.0 Å². The quantitative estimate of drug-likeness (QED) is 0.325. The van der Waals surface area contributed by atoms with E-state index in [1.165, 1.54) is 7.11 Å². The van der Waals surface area contributed by atoms with Gasteiger partial charge < -0.3 is 9.30 Å². The molecule has 4 rings (SSSR count). The highest BCUT2D eigenvalue weighted by Crippen LogP contribution is 2.74. The first-order valence-corrected chi connectivity index (χ1v) is 13.0. The Bertz CT molecular complexity index is 1000. The highest BCUT2D eigenvalue weighted by atomic mass is 31.2. The van der Waals surface area contributed by atoms with Crippen LogP contribution in [0.4, 0.5) is 0 Å². The lowest BCUT2D eigenvalue weighted by Gasteiger charge is -2.32. The van der Waals surface area contributed by atoms with Crippen molar-refractivity contribution < 1.29 is 14.1 Å². The van der Waals surface area contributed by atoms with E-state index in [4.69, 9.17) is 4.74 Å². The average Bonchev–Trinajstić information content (AvgIpc) is 3.17. The van der Waals surface area contributed by atoms with Gasteiger partial charge in [-0.2, -0.15) is 0 Å². The monoisotopic (exact) mass is 447 g/mol. The Balaban J connectivity index is 1.70. The molecule has 1 heterocycles. The zero-order valence-corrected chi connectivity index (χ0v) is 19.3. The van der Waals surface area contributed by atoms with Gasteiger partial charge in [0.1, 0.15) is 0 Å². The molecule has 0 bridgehead atoms. The summed E-state index contributed by atoms with van der Waals surface area (Å²) in [6, 6.07) is 30.0. The minimum Gasteiger partial charge on any atom is -0.469 e. The molecule has 0 amide bonds. The van der Waals surface area contributed by atoms with Crippen LogP contribution < -0.4 is 5.09 Å². The van der Waals surface area contributed by atoms with Gasteiger partial charge >= 0.3 is 5.97 Å². The van der Waals surface area contributed by atoms with Crippen LogP contribution in [0.2, 0.25) is 0 Å². The lowest BCUT2D eigenvalue weighted by atomic mass is 10.0. The minimum atomic E-state index is -2.95. The third-order valence-corrected chi connectivity index (χ3v) is 10.1. The van der Waals surface area contributed by atoms with E-state index in [1.54, 1.807) is 0 Å². The van der Waals surface area contributed by atoms with Crippen molar-refractivity contribution in [3.05, 3.63) is 108 Å². The molecule has 1 aliphatic rings. The summed E-state index contributed by atoms with van der Waals surface area (Å²) in [5.74, 6) is -0.295. The van der Waals surface area contributed by atoms with Gasteiger partial charge in [-0.3, -0.25) is 9.88 Å². The van der Waals surface area contributed by atoms with E-state index in [1.807, 2.05) is 66.7 Å². The fourth-order valence-corrected chi connectivity index (χ4v) is 8.70. The molecule has 5 heteroatoms. The van der Waals surface area contributed by atoms with Crippen molar-refractivity contribution in [2.24, 2.45) is 0 Å². The number of carbonyl (C=O) groups excluding carboxylic acids is 1. The Labute approximate surface area is 190 Å². The lowest BCUT2D eigenvalue weighted by Crippen LogP contribution is -2.33. The molecule has 1 N–H and O–H groups in total. The highest BCUT2D eigenvalue weighted by Gasteiger charge is 2.48. The molecule has 0 aromatic heterocycles.